The first kappa shape index (κ1) is 18.7. The van der Waals surface area contributed by atoms with E-state index in [1.54, 1.807) is 18.4 Å². The van der Waals surface area contributed by atoms with Crippen molar-refractivity contribution in [3.8, 4) is 0 Å². The third-order valence-corrected chi connectivity index (χ3v) is 4.88. The number of thioether (sulfide) groups is 1. The Kier molecular flexibility index (Phi) is 8.02. The van der Waals surface area contributed by atoms with Gasteiger partial charge in [0.05, 0.1) is 12.3 Å². The summed E-state index contributed by atoms with van der Waals surface area (Å²) in [5.41, 5.74) is 1.29. The molecule has 122 valence electrons. The summed E-state index contributed by atoms with van der Waals surface area (Å²) in [6, 6.07) is 0. The first-order valence-electron chi connectivity index (χ1n) is 7.30. The molecule has 0 aliphatic heterocycles. The van der Waals surface area contributed by atoms with Crippen LogP contribution in [0.5, 0.6) is 0 Å². The Morgan fingerprint density at radius 1 is 1.38 bits per heavy atom. The van der Waals surface area contributed by atoms with Crippen LogP contribution in [0.15, 0.2) is 0 Å². The highest BCUT2D eigenvalue weighted by molar-refractivity contribution is 7.98. The highest BCUT2D eigenvalue weighted by Gasteiger charge is 2.24. The lowest BCUT2D eigenvalue weighted by Gasteiger charge is -2.18. The van der Waals surface area contributed by atoms with Gasteiger partial charge in [-0.05, 0) is 6.26 Å². The van der Waals surface area contributed by atoms with Gasteiger partial charge < -0.3 is 15.0 Å². The summed E-state index contributed by atoms with van der Waals surface area (Å²) >= 11 is 3.67. The molecule has 0 aliphatic carbocycles. The monoisotopic (exact) mass is 331 g/mol. The first-order chi connectivity index (χ1) is 9.90. The molecular formula is C15H29N3OS2. The maximum atomic E-state index is 5.08. The molecule has 1 aromatic rings. The van der Waals surface area contributed by atoms with Gasteiger partial charge in [-0.25, -0.2) is 4.98 Å². The zero-order valence-electron chi connectivity index (χ0n) is 14.2. The Morgan fingerprint density at radius 2 is 2.10 bits per heavy atom. The quantitative estimate of drug-likeness (QED) is 0.704. The number of thiazole rings is 1. The maximum Gasteiger partial charge on any atom is 0.185 e. The largest absolute Gasteiger partial charge is 0.383 e. The molecule has 0 aliphatic rings. The molecule has 1 heterocycles. The van der Waals surface area contributed by atoms with Crippen molar-refractivity contribution in [2.24, 2.45) is 0 Å². The Balaban J connectivity index is 2.81. The topological polar surface area (TPSA) is 37.4 Å². The van der Waals surface area contributed by atoms with Gasteiger partial charge in [-0.1, -0.05) is 20.8 Å². The standard InChI is InChI=1S/C15H29N3OS2/c1-15(2,3)13-12(11-16-7-9-19-5)21-14(17-13)18(4)8-10-20-6/h16H,7-11H2,1-6H3. The molecule has 1 aromatic heterocycles. The summed E-state index contributed by atoms with van der Waals surface area (Å²) in [5, 5.41) is 4.56. The summed E-state index contributed by atoms with van der Waals surface area (Å²) in [6.07, 6.45) is 2.14. The predicted molar refractivity (Wildman–Crippen MR) is 96.0 cm³/mol. The Hall–Kier alpha value is -0.300. The van der Waals surface area contributed by atoms with E-state index in [1.807, 2.05) is 11.8 Å². The summed E-state index contributed by atoms with van der Waals surface area (Å²) in [6.45, 7) is 10.2. The lowest BCUT2D eigenvalue weighted by atomic mass is 9.91. The molecule has 21 heavy (non-hydrogen) atoms. The molecular weight excluding hydrogens is 302 g/mol. The van der Waals surface area contributed by atoms with Crippen LogP contribution in [0.25, 0.3) is 0 Å². The third kappa shape index (κ3) is 6.14. The van der Waals surface area contributed by atoms with Crippen LogP contribution in [-0.2, 0) is 16.7 Å². The molecule has 0 radical (unpaired) electrons. The minimum Gasteiger partial charge on any atom is -0.383 e. The van der Waals surface area contributed by atoms with Gasteiger partial charge >= 0.3 is 0 Å². The molecule has 0 aromatic carbocycles. The van der Waals surface area contributed by atoms with Gasteiger partial charge in [0.15, 0.2) is 5.13 Å². The van der Waals surface area contributed by atoms with Gasteiger partial charge in [-0.3, -0.25) is 0 Å². The van der Waals surface area contributed by atoms with E-state index >= 15 is 0 Å². The molecule has 0 saturated heterocycles. The summed E-state index contributed by atoms with van der Waals surface area (Å²) in [7, 11) is 3.86. The van der Waals surface area contributed by atoms with E-state index in [-0.39, 0.29) is 5.41 Å². The number of anilines is 1. The number of hydrogen-bond donors (Lipinski definition) is 1. The smallest absolute Gasteiger partial charge is 0.185 e. The molecule has 6 heteroatoms. The fourth-order valence-electron chi connectivity index (χ4n) is 1.91. The molecule has 0 bridgehead atoms. The zero-order chi connectivity index (χ0) is 15.9. The molecule has 0 fully saturated rings. The van der Waals surface area contributed by atoms with E-state index in [9.17, 15) is 0 Å². The van der Waals surface area contributed by atoms with Crippen molar-refractivity contribution < 1.29 is 4.74 Å². The third-order valence-electron chi connectivity index (χ3n) is 3.12. The van der Waals surface area contributed by atoms with Crippen molar-refractivity contribution in [1.82, 2.24) is 10.3 Å². The Morgan fingerprint density at radius 3 is 2.67 bits per heavy atom. The minimum absolute atomic E-state index is 0.0768. The van der Waals surface area contributed by atoms with E-state index in [1.165, 1.54) is 10.6 Å². The van der Waals surface area contributed by atoms with Gasteiger partial charge in [-0.2, -0.15) is 11.8 Å². The fourth-order valence-corrected chi connectivity index (χ4v) is 3.59. The number of ether oxygens (including phenoxy) is 1. The minimum atomic E-state index is 0.0768. The van der Waals surface area contributed by atoms with Gasteiger partial charge in [0.2, 0.25) is 0 Å². The fraction of sp³-hybridized carbons (Fsp3) is 0.800. The molecule has 1 N–H and O–H groups in total. The van der Waals surface area contributed by atoms with Gasteiger partial charge in [0.25, 0.3) is 0 Å². The van der Waals surface area contributed by atoms with Crippen LogP contribution < -0.4 is 10.2 Å². The second-order valence-electron chi connectivity index (χ2n) is 6.10. The van der Waals surface area contributed by atoms with Crippen LogP contribution in [0, 0.1) is 0 Å². The van der Waals surface area contributed by atoms with E-state index in [0.717, 1.165) is 37.1 Å². The van der Waals surface area contributed by atoms with Gasteiger partial charge in [0, 0.05) is 49.8 Å². The van der Waals surface area contributed by atoms with E-state index in [4.69, 9.17) is 9.72 Å². The number of methoxy groups -OCH3 is 1. The van der Waals surface area contributed by atoms with Gasteiger partial charge in [-0.15, -0.1) is 11.3 Å². The van der Waals surface area contributed by atoms with Crippen LogP contribution in [0.1, 0.15) is 31.3 Å². The van der Waals surface area contributed by atoms with Crippen molar-refractivity contribution in [3.05, 3.63) is 10.6 Å². The number of aromatic nitrogens is 1. The number of rotatable bonds is 9. The Labute approximate surface area is 137 Å². The van der Waals surface area contributed by atoms with E-state index < -0.39 is 0 Å². The van der Waals surface area contributed by atoms with E-state index in [2.05, 4.69) is 44.3 Å². The number of nitrogens with one attached hydrogen (secondary N) is 1. The average Bonchev–Trinajstić information content (AvgIpc) is 2.85. The van der Waals surface area contributed by atoms with Crippen molar-refractivity contribution in [2.45, 2.75) is 32.7 Å². The van der Waals surface area contributed by atoms with Crippen LogP contribution >= 0.6 is 23.1 Å². The first-order valence-corrected chi connectivity index (χ1v) is 9.51. The lowest BCUT2D eigenvalue weighted by Crippen LogP contribution is -2.22. The van der Waals surface area contributed by atoms with Crippen molar-refractivity contribution >= 4 is 28.2 Å². The highest BCUT2D eigenvalue weighted by atomic mass is 32.2. The van der Waals surface area contributed by atoms with Crippen LogP contribution in [-0.4, -0.2) is 50.8 Å². The lowest BCUT2D eigenvalue weighted by molar-refractivity contribution is 0.199. The number of nitrogens with zero attached hydrogens (tertiary/aromatic N) is 2. The van der Waals surface area contributed by atoms with Crippen molar-refractivity contribution in [2.75, 3.05) is 50.8 Å². The van der Waals surface area contributed by atoms with Crippen LogP contribution in [0.3, 0.4) is 0 Å². The van der Waals surface area contributed by atoms with E-state index in [0.29, 0.717) is 0 Å². The van der Waals surface area contributed by atoms with Gasteiger partial charge in [0.1, 0.15) is 0 Å². The summed E-state index contributed by atoms with van der Waals surface area (Å²) in [4.78, 5) is 8.49. The second kappa shape index (κ2) is 8.98. The normalized spacial score (nSPS) is 11.9. The molecule has 1 rings (SSSR count). The zero-order valence-corrected chi connectivity index (χ0v) is 15.8. The average molecular weight is 332 g/mol. The summed E-state index contributed by atoms with van der Waals surface area (Å²) in [5.74, 6) is 1.13. The molecule has 0 atom stereocenters. The predicted octanol–water partition coefficient (Wildman–Crippen LogP) is 2.98. The SMILES string of the molecule is COCCNCc1sc(N(C)CCSC)nc1C(C)(C)C. The maximum absolute atomic E-state index is 5.08. The molecule has 0 spiro atoms. The van der Waals surface area contributed by atoms with Crippen LogP contribution in [0.4, 0.5) is 5.13 Å². The number of hydrogen-bond acceptors (Lipinski definition) is 6. The van der Waals surface area contributed by atoms with Crippen molar-refractivity contribution in [3.63, 3.8) is 0 Å². The van der Waals surface area contributed by atoms with Crippen LogP contribution in [0.2, 0.25) is 0 Å². The highest BCUT2D eigenvalue weighted by Crippen LogP contribution is 2.33. The molecule has 4 nitrogen and oxygen atoms in total. The molecule has 0 amide bonds. The summed E-state index contributed by atoms with van der Waals surface area (Å²) < 4.78 is 5.08. The molecule has 0 saturated carbocycles. The Bertz CT molecular complexity index is 416. The van der Waals surface area contributed by atoms with Crippen molar-refractivity contribution in [1.29, 1.82) is 0 Å². The molecule has 0 unspecified atom stereocenters. The second-order valence-corrected chi connectivity index (χ2v) is 8.15.